The Morgan fingerprint density at radius 3 is 2.73 bits per heavy atom. The van der Waals surface area contributed by atoms with Gasteiger partial charge in [0.25, 0.3) is 11.2 Å². The van der Waals surface area contributed by atoms with Crippen LogP contribution in [0.2, 0.25) is 0 Å². The molecule has 8 nitrogen and oxygen atoms in total. The number of hydrogen-bond donors (Lipinski definition) is 1. The van der Waals surface area contributed by atoms with E-state index in [2.05, 4.69) is 10.4 Å². The number of nitrogens with zero attached hydrogens (tertiary/aromatic N) is 4. The molecule has 3 aromatic rings. The molecule has 0 aliphatic heterocycles. The predicted octanol–water partition coefficient (Wildman–Crippen LogP) is 2.67. The zero-order valence-electron chi connectivity index (χ0n) is 14.6. The minimum atomic E-state index is -0.411. The molecule has 1 N–H and O–H groups in total. The second-order valence-electron chi connectivity index (χ2n) is 6.84. The Kier molecular flexibility index (Phi) is 3.75. The number of nitro groups is 1. The number of rotatable bonds is 5. The van der Waals surface area contributed by atoms with Gasteiger partial charge in [-0.15, -0.1) is 0 Å². The third-order valence-corrected chi connectivity index (χ3v) is 4.74. The quantitative estimate of drug-likeness (QED) is 0.562. The predicted molar refractivity (Wildman–Crippen MR) is 99.3 cm³/mol. The number of non-ortho nitro benzene ring substituents is 1. The molecule has 4 rings (SSSR count). The first kappa shape index (κ1) is 16.3. The van der Waals surface area contributed by atoms with E-state index < -0.39 is 4.92 Å². The number of fused-ring (bicyclic) bond motifs is 1. The van der Waals surface area contributed by atoms with Crippen LogP contribution in [0.1, 0.15) is 12.8 Å². The fourth-order valence-corrected chi connectivity index (χ4v) is 3.14. The van der Waals surface area contributed by atoms with Crippen LogP contribution in [0.5, 0.6) is 0 Å². The zero-order valence-corrected chi connectivity index (χ0v) is 14.6. The van der Waals surface area contributed by atoms with Crippen LogP contribution in [0.15, 0.2) is 35.4 Å². The van der Waals surface area contributed by atoms with Crippen molar-refractivity contribution in [2.24, 2.45) is 20.0 Å². The summed E-state index contributed by atoms with van der Waals surface area (Å²) >= 11 is 0. The van der Waals surface area contributed by atoms with Gasteiger partial charge in [-0.2, -0.15) is 5.10 Å². The lowest BCUT2D eigenvalue weighted by atomic mass is 10.0. The molecule has 134 valence electrons. The zero-order chi connectivity index (χ0) is 18.4. The van der Waals surface area contributed by atoms with Crippen molar-refractivity contribution < 1.29 is 4.92 Å². The maximum Gasteiger partial charge on any atom is 0.270 e. The molecule has 0 atom stereocenters. The highest BCUT2D eigenvalue weighted by atomic mass is 16.6. The van der Waals surface area contributed by atoms with Crippen LogP contribution in [-0.4, -0.2) is 25.8 Å². The van der Waals surface area contributed by atoms with Crippen molar-refractivity contribution in [2.45, 2.75) is 12.8 Å². The van der Waals surface area contributed by atoms with Gasteiger partial charge in [-0.25, -0.2) is 0 Å². The molecule has 0 saturated heterocycles. The van der Waals surface area contributed by atoms with Gasteiger partial charge in [0.15, 0.2) is 0 Å². The largest absolute Gasteiger partial charge is 0.384 e. The highest BCUT2D eigenvalue weighted by molar-refractivity contribution is 5.96. The number of aryl methyl sites for hydroxylation is 2. The van der Waals surface area contributed by atoms with E-state index in [1.165, 1.54) is 23.5 Å². The number of nitro benzene ring substituents is 1. The first-order valence-corrected chi connectivity index (χ1v) is 8.49. The van der Waals surface area contributed by atoms with E-state index in [4.69, 9.17) is 0 Å². The van der Waals surface area contributed by atoms with Crippen LogP contribution >= 0.6 is 0 Å². The van der Waals surface area contributed by atoms with Crippen LogP contribution in [-0.2, 0) is 14.1 Å². The lowest BCUT2D eigenvalue weighted by Gasteiger charge is -2.13. The Labute approximate surface area is 149 Å². The third-order valence-electron chi connectivity index (χ3n) is 4.74. The molecule has 1 fully saturated rings. The number of benzene rings is 1. The van der Waals surface area contributed by atoms with Gasteiger partial charge in [-0.3, -0.25) is 19.6 Å². The fourth-order valence-electron chi connectivity index (χ4n) is 3.14. The van der Waals surface area contributed by atoms with Gasteiger partial charge in [0.2, 0.25) is 0 Å². The SMILES string of the molecule is Cn1cc2c(=O)n(C)cc(-c3cc([N+](=O)[O-])ccc3NCC3CC3)c2n1. The molecule has 26 heavy (non-hydrogen) atoms. The molecule has 0 amide bonds. The molecule has 1 aliphatic carbocycles. The average Bonchev–Trinajstić information content (AvgIpc) is 3.36. The summed E-state index contributed by atoms with van der Waals surface area (Å²) in [5.74, 6) is 0.660. The van der Waals surface area contributed by atoms with Crippen LogP contribution in [0.4, 0.5) is 11.4 Å². The van der Waals surface area contributed by atoms with Crippen molar-refractivity contribution in [1.82, 2.24) is 14.3 Å². The summed E-state index contributed by atoms with van der Waals surface area (Å²) in [6.45, 7) is 0.835. The normalized spacial score (nSPS) is 13.9. The van der Waals surface area contributed by atoms with Crippen molar-refractivity contribution in [1.29, 1.82) is 0 Å². The Morgan fingerprint density at radius 2 is 2.04 bits per heavy atom. The lowest BCUT2D eigenvalue weighted by molar-refractivity contribution is -0.384. The van der Waals surface area contributed by atoms with E-state index in [0.717, 1.165) is 12.2 Å². The minimum Gasteiger partial charge on any atom is -0.384 e. The molecule has 0 unspecified atom stereocenters. The summed E-state index contributed by atoms with van der Waals surface area (Å²) < 4.78 is 3.08. The Morgan fingerprint density at radius 1 is 1.27 bits per heavy atom. The summed E-state index contributed by atoms with van der Waals surface area (Å²) in [6.07, 6.45) is 5.79. The van der Waals surface area contributed by atoms with E-state index in [-0.39, 0.29) is 11.2 Å². The lowest BCUT2D eigenvalue weighted by Crippen LogP contribution is -2.16. The van der Waals surface area contributed by atoms with Gasteiger partial charge in [0, 0.05) is 62.0 Å². The number of nitrogens with one attached hydrogen (secondary N) is 1. The van der Waals surface area contributed by atoms with Gasteiger partial charge in [-0.1, -0.05) is 0 Å². The summed E-state index contributed by atoms with van der Waals surface area (Å²) in [5.41, 5.74) is 2.60. The van der Waals surface area contributed by atoms with Crippen molar-refractivity contribution >= 4 is 22.3 Å². The highest BCUT2D eigenvalue weighted by Crippen LogP contribution is 2.36. The minimum absolute atomic E-state index is 0.00917. The van der Waals surface area contributed by atoms with Gasteiger partial charge in [0.1, 0.15) is 5.52 Å². The highest BCUT2D eigenvalue weighted by Gasteiger charge is 2.23. The summed E-state index contributed by atoms with van der Waals surface area (Å²) in [4.78, 5) is 23.3. The number of pyridine rings is 1. The molecule has 1 aromatic carbocycles. The summed E-state index contributed by atoms with van der Waals surface area (Å²) in [5, 5.41) is 19.6. The first-order chi connectivity index (χ1) is 12.4. The second kappa shape index (κ2) is 5.98. The van der Waals surface area contributed by atoms with Crippen molar-refractivity contribution in [3.05, 3.63) is 51.1 Å². The second-order valence-corrected chi connectivity index (χ2v) is 6.84. The number of hydrogen-bond acceptors (Lipinski definition) is 5. The van der Waals surface area contributed by atoms with E-state index in [0.29, 0.717) is 27.9 Å². The molecule has 8 heteroatoms. The third kappa shape index (κ3) is 2.83. The number of anilines is 1. The molecule has 0 bridgehead atoms. The fraction of sp³-hybridized carbons (Fsp3) is 0.333. The van der Waals surface area contributed by atoms with E-state index in [1.807, 2.05) is 0 Å². The van der Waals surface area contributed by atoms with Crippen LogP contribution in [0.3, 0.4) is 0 Å². The molecule has 1 saturated carbocycles. The number of aromatic nitrogens is 3. The van der Waals surface area contributed by atoms with Crippen LogP contribution < -0.4 is 10.9 Å². The smallest absolute Gasteiger partial charge is 0.270 e. The van der Waals surface area contributed by atoms with Crippen molar-refractivity contribution in [3.8, 4) is 11.1 Å². The standard InChI is InChI=1S/C18H19N5O3/c1-21-9-14(17-15(18(21)24)10-22(2)20-17)13-7-12(23(25)26)5-6-16(13)19-8-11-3-4-11/h5-7,9-11,19H,3-4,8H2,1-2H3. The molecule has 0 spiro atoms. The monoisotopic (exact) mass is 353 g/mol. The van der Waals surface area contributed by atoms with E-state index in [1.54, 1.807) is 43.3 Å². The Balaban J connectivity index is 1.94. The molecular weight excluding hydrogens is 334 g/mol. The maximum absolute atomic E-state index is 12.4. The topological polar surface area (TPSA) is 95.0 Å². The maximum atomic E-state index is 12.4. The van der Waals surface area contributed by atoms with Crippen LogP contribution in [0, 0.1) is 16.0 Å². The van der Waals surface area contributed by atoms with Gasteiger partial charge in [0.05, 0.1) is 10.3 Å². The summed E-state index contributed by atoms with van der Waals surface area (Å²) in [7, 11) is 3.43. The summed E-state index contributed by atoms with van der Waals surface area (Å²) in [6, 6.07) is 4.77. The Hall–Kier alpha value is -3.16. The van der Waals surface area contributed by atoms with Gasteiger partial charge >= 0.3 is 0 Å². The van der Waals surface area contributed by atoms with Gasteiger partial charge < -0.3 is 9.88 Å². The van der Waals surface area contributed by atoms with Crippen molar-refractivity contribution in [2.75, 3.05) is 11.9 Å². The van der Waals surface area contributed by atoms with Crippen molar-refractivity contribution in [3.63, 3.8) is 0 Å². The molecule has 2 aromatic heterocycles. The molecular formula is C18H19N5O3. The molecule has 1 aliphatic rings. The van der Waals surface area contributed by atoms with Gasteiger partial charge in [-0.05, 0) is 24.8 Å². The van der Waals surface area contributed by atoms with Crippen LogP contribution in [0.25, 0.3) is 22.0 Å². The Bertz CT molecular complexity index is 1080. The average molecular weight is 353 g/mol. The molecule has 0 radical (unpaired) electrons. The molecule has 2 heterocycles. The van der Waals surface area contributed by atoms with E-state index in [9.17, 15) is 14.9 Å². The van der Waals surface area contributed by atoms with E-state index >= 15 is 0 Å². The first-order valence-electron chi connectivity index (χ1n) is 8.49.